The van der Waals surface area contributed by atoms with Gasteiger partial charge < -0.3 is 19.7 Å². The van der Waals surface area contributed by atoms with Gasteiger partial charge in [0.15, 0.2) is 6.61 Å². The Morgan fingerprint density at radius 1 is 1.13 bits per heavy atom. The van der Waals surface area contributed by atoms with Crippen molar-refractivity contribution < 1.29 is 19.1 Å². The van der Waals surface area contributed by atoms with E-state index >= 15 is 0 Å². The molecule has 1 N–H and O–H groups in total. The fourth-order valence-corrected chi connectivity index (χ4v) is 1.57. The van der Waals surface area contributed by atoms with Crippen molar-refractivity contribution in [3.05, 3.63) is 24.3 Å². The third-order valence-corrected chi connectivity index (χ3v) is 3.03. The fourth-order valence-electron chi connectivity index (χ4n) is 1.57. The van der Waals surface area contributed by atoms with Crippen LogP contribution >= 0.6 is 0 Å². The average molecular weight is 322 g/mol. The van der Waals surface area contributed by atoms with E-state index in [1.807, 2.05) is 13.8 Å². The Kier molecular flexibility index (Phi) is 7.54. The number of rotatable bonds is 8. The molecule has 0 heterocycles. The highest BCUT2D eigenvalue weighted by Gasteiger charge is 2.14. The largest absolute Gasteiger partial charge is 0.484 e. The average Bonchev–Trinajstić information content (AvgIpc) is 2.51. The standard InChI is InChI=1S/C17H26N2O4/c1-12(2)10-22-13(3)17(21)18-14-6-8-15(9-7-14)23-11-16(20)19(4)5/h6-9,12-13H,10-11H2,1-5H3,(H,18,21)/t13-/m0/s1. The van der Waals surface area contributed by atoms with Gasteiger partial charge in [-0.05, 0) is 37.1 Å². The predicted octanol–water partition coefficient (Wildman–Crippen LogP) is 2.15. The summed E-state index contributed by atoms with van der Waals surface area (Å²) in [5.74, 6) is 0.648. The van der Waals surface area contributed by atoms with Crippen LogP contribution in [0, 0.1) is 5.92 Å². The zero-order chi connectivity index (χ0) is 17.4. The fraction of sp³-hybridized carbons (Fsp3) is 0.529. The van der Waals surface area contributed by atoms with Crippen LogP contribution in [0.25, 0.3) is 0 Å². The Bertz CT molecular complexity index is 512. The summed E-state index contributed by atoms with van der Waals surface area (Å²) in [5.41, 5.74) is 0.654. The first-order chi connectivity index (χ1) is 10.8. The van der Waals surface area contributed by atoms with E-state index < -0.39 is 6.10 Å². The lowest BCUT2D eigenvalue weighted by Crippen LogP contribution is -2.29. The molecule has 0 bridgehead atoms. The number of carbonyl (C=O) groups is 2. The maximum atomic E-state index is 12.0. The van der Waals surface area contributed by atoms with Gasteiger partial charge in [-0.2, -0.15) is 0 Å². The van der Waals surface area contributed by atoms with Crippen molar-refractivity contribution in [2.45, 2.75) is 26.9 Å². The van der Waals surface area contributed by atoms with E-state index in [1.54, 1.807) is 45.3 Å². The maximum absolute atomic E-state index is 12.0. The lowest BCUT2D eigenvalue weighted by Gasteiger charge is -2.15. The molecule has 23 heavy (non-hydrogen) atoms. The van der Waals surface area contributed by atoms with Gasteiger partial charge in [-0.25, -0.2) is 0 Å². The summed E-state index contributed by atoms with van der Waals surface area (Å²) in [7, 11) is 3.35. The van der Waals surface area contributed by atoms with Crippen molar-refractivity contribution in [2.75, 3.05) is 32.6 Å². The van der Waals surface area contributed by atoms with Gasteiger partial charge >= 0.3 is 0 Å². The van der Waals surface area contributed by atoms with Crippen LogP contribution in [0.4, 0.5) is 5.69 Å². The predicted molar refractivity (Wildman–Crippen MR) is 89.5 cm³/mol. The van der Waals surface area contributed by atoms with Crippen molar-refractivity contribution in [1.29, 1.82) is 0 Å². The van der Waals surface area contributed by atoms with E-state index in [0.29, 0.717) is 24.0 Å². The number of nitrogens with one attached hydrogen (secondary N) is 1. The SMILES string of the molecule is CC(C)CO[C@@H](C)C(=O)Nc1ccc(OCC(=O)N(C)C)cc1. The van der Waals surface area contributed by atoms with Crippen molar-refractivity contribution >= 4 is 17.5 Å². The molecule has 1 rings (SSSR count). The summed E-state index contributed by atoms with van der Waals surface area (Å²) in [6.45, 7) is 6.32. The van der Waals surface area contributed by atoms with E-state index in [0.717, 1.165) is 0 Å². The summed E-state index contributed by atoms with van der Waals surface area (Å²) in [6.07, 6.45) is -0.508. The third-order valence-electron chi connectivity index (χ3n) is 3.03. The van der Waals surface area contributed by atoms with Crippen molar-refractivity contribution in [1.82, 2.24) is 4.90 Å². The molecule has 0 saturated heterocycles. The van der Waals surface area contributed by atoms with Crippen LogP contribution in [-0.2, 0) is 14.3 Å². The van der Waals surface area contributed by atoms with Gasteiger partial charge in [-0.3, -0.25) is 9.59 Å². The molecule has 0 unspecified atom stereocenters. The Morgan fingerprint density at radius 2 is 1.74 bits per heavy atom. The normalized spacial score (nSPS) is 11.9. The maximum Gasteiger partial charge on any atom is 0.259 e. The molecule has 128 valence electrons. The van der Waals surface area contributed by atoms with Gasteiger partial charge in [0.05, 0.1) is 0 Å². The molecule has 0 aliphatic heterocycles. The number of amides is 2. The van der Waals surface area contributed by atoms with Crippen molar-refractivity contribution in [3.63, 3.8) is 0 Å². The quantitative estimate of drug-likeness (QED) is 0.796. The molecule has 0 spiro atoms. The minimum Gasteiger partial charge on any atom is -0.484 e. The van der Waals surface area contributed by atoms with Gasteiger partial charge in [0.1, 0.15) is 11.9 Å². The Hall–Kier alpha value is -2.08. The summed E-state index contributed by atoms with van der Waals surface area (Å²) < 4.78 is 10.8. The monoisotopic (exact) mass is 322 g/mol. The van der Waals surface area contributed by atoms with E-state index in [9.17, 15) is 9.59 Å². The van der Waals surface area contributed by atoms with Crippen LogP contribution in [0.3, 0.4) is 0 Å². The van der Waals surface area contributed by atoms with Crippen LogP contribution in [-0.4, -0.2) is 50.1 Å². The van der Waals surface area contributed by atoms with Crippen LogP contribution in [0.1, 0.15) is 20.8 Å². The molecule has 0 radical (unpaired) electrons. The van der Waals surface area contributed by atoms with E-state index in [-0.39, 0.29) is 18.4 Å². The summed E-state index contributed by atoms with van der Waals surface area (Å²) in [5, 5.41) is 2.78. The molecule has 2 amide bonds. The summed E-state index contributed by atoms with van der Waals surface area (Å²) >= 11 is 0. The molecule has 0 aliphatic carbocycles. The van der Waals surface area contributed by atoms with Crippen molar-refractivity contribution in [2.24, 2.45) is 5.92 Å². The molecule has 0 aromatic heterocycles. The second-order valence-corrected chi connectivity index (χ2v) is 5.96. The molecular formula is C17H26N2O4. The van der Waals surface area contributed by atoms with Gasteiger partial charge in [0.25, 0.3) is 11.8 Å². The number of benzene rings is 1. The summed E-state index contributed by atoms with van der Waals surface area (Å²) in [4.78, 5) is 24.9. The topological polar surface area (TPSA) is 67.9 Å². The molecule has 6 nitrogen and oxygen atoms in total. The molecular weight excluding hydrogens is 296 g/mol. The van der Waals surface area contributed by atoms with Crippen LogP contribution in [0.15, 0.2) is 24.3 Å². The first-order valence-electron chi connectivity index (χ1n) is 7.65. The number of hydrogen-bond acceptors (Lipinski definition) is 4. The molecule has 1 aromatic rings. The zero-order valence-electron chi connectivity index (χ0n) is 14.5. The molecule has 0 fully saturated rings. The zero-order valence-corrected chi connectivity index (χ0v) is 14.5. The van der Waals surface area contributed by atoms with Gasteiger partial charge in [-0.1, -0.05) is 13.8 Å². The number of anilines is 1. The first kappa shape index (κ1) is 19.0. The number of nitrogens with zero attached hydrogens (tertiary/aromatic N) is 1. The Labute approximate surface area is 137 Å². The lowest BCUT2D eigenvalue weighted by molar-refractivity contribution is -0.130. The van der Waals surface area contributed by atoms with E-state index in [4.69, 9.17) is 9.47 Å². The molecule has 1 atom stereocenters. The van der Waals surface area contributed by atoms with E-state index in [2.05, 4.69) is 5.32 Å². The van der Waals surface area contributed by atoms with Crippen LogP contribution in [0.2, 0.25) is 0 Å². The minimum atomic E-state index is -0.508. The van der Waals surface area contributed by atoms with Crippen LogP contribution in [0.5, 0.6) is 5.75 Å². The molecule has 1 aromatic carbocycles. The van der Waals surface area contributed by atoms with E-state index in [1.165, 1.54) is 4.90 Å². The highest BCUT2D eigenvalue weighted by molar-refractivity contribution is 5.93. The van der Waals surface area contributed by atoms with Crippen molar-refractivity contribution in [3.8, 4) is 5.75 Å². The molecule has 0 aliphatic rings. The molecule has 6 heteroatoms. The number of likely N-dealkylation sites (N-methyl/N-ethyl adjacent to an activating group) is 1. The Morgan fingerprint density at radius 3 is 2.26 bits per heavy atom. The van der Waals surface area contributed by atoms with Gasteiger partial charge in [-0.15, -0.1) is 0 Å². The Balaban J connectivity index is 2.47. The number of hydrogen-bond donors (Lipinski definition) is 1. The highest BCUT2D eigenvalue weighted by Crippen LogP contribution is 2.16. The smallest absolute Gasteiger partial charge is 0.259 e. The van der Waals surface area contributed by atoms with Gasteiger partial charge in [0, 0.05) is 26.4 Å². The van der Waals surface area contributed by atoms with Gasteiger partial charge in [0.2, 0.25) is 0 Å². The molecule has 0 saturated carbocycles. The number of ether oxygens (including phenoxy) is 2. The summed E-state index contributed by atoms with van der Waals surface area (Å²) in [6, 6.07) is 6.86. The first-order valence-corrected chi connectivity index (χ1v) is 7.65. The minimum absolute atomic E-state index is 0.0151. The second kappa shape index (κ2) is 9.15. The third kappa shape index (κ3) is 7.15. The lowest BCUT2D eigenvalue weighted by atomic mass is 10.2. The van der Waals surface area contributed by atoms with Crippen LogP contribution < -0.4 is 10.1 Å². The number of carbonyl (C=O) groups excluding carboxylic acids is 2. The second-order valence-electron chi connectivity index (χ2n) is 5.96. The highest BCUT2D eigenvalue weighted by atomic mass is 16.5.